The predicted molar refractivity (Wildman–Crippen MR) is 86.9 cm³/mol. The lowest BCUT2D eigenvalue weighted by atomic mass is 10.2. The van der Waals surface area contributed by atoms with Crippen LogP contribution in [0.4, 0.5) is 0 Å². The minimum atomic E-state index is 0.627. The van der Waals surface area contributed by atoms with E-state index in [0.29, 0.717) is 13.2 Å². The molecular formula is C16H27N3O2. The number of hydrogen-bond acceptors (Lipinski definition) is 3. The van der Waals surface area contributed by atoms with E-state index in [1.54, 1.807) is 7.11 Å². The normalized spacial score (nSPS) is 10.1. The minimum absolute atomic E-state index is 0.627. The Balaban J connectivity index is 2.23. The van der Waals surface area contributed by atoms with Crippen LogP contribution in [-0.4, -0.2) is 64.2 Å². The monoisotopic (exact) mass is 293 g/mol. The summed E-state index contributed by atoms with van der Waals surface area (Å²) in [5.74, 6) is 1.85. The molecule has 118 valence electrons. The molecule has 0 aliphatic carbocycles. The van der Waals surface area contributed by atoms with E-state index >= 15 is 0 Å². The number of hydrogen-bond donors (Lipinski definition) is 0. The molecule has 0 amide bonds. The molecule has 21 heavy (non-hydrogen) atoms. The summed E-state index contributed by atoms with van der Waals surface area (Å²) in [6.45, 7) is 2.11. The largest absolute Gasteiger partial charge is 0.497 e. The van der Waals surface area contributed by atoms with Crippen molar-refractivity contribution in [1.82, 2.24) is 9.80 Å². The second kappa shape index (κ2) is 9.23. The van der Waals surface area contributed by atoms with Gasteiger partial charge in [-0.25, -0.2) is 0 Å². The standard InChI is InChI=1S/C16H27N3O2/c1-18(2)16(19(3)4)17-11-6-12-21-13-14-7-9-15(20-5)10-8-14/h7-10H,6,11-13H2,1-5H3. The molecule has 0 atom stereocenters. The van der Waals surface area contributed by atoms with Gasteiger partial charge in [0, 0.05) is 41.3 Å². The number of nitrogens with zero attached hydrogens (tertiary/aromatic N) is 3. The Morgan fingerprint density at radius 1 is 1.05 bits per heavy atom. The van der Waals surface area contributed by atoms with E-state index < -0.39 is 0 Å². The van der Waals surface area contributed by atoms with Gasteiger partial charge in [-0.15, -0.1) is 0 Å². The van der Waals surface area contributed by atoms with E-state index in [0.717, 1.165) is 30.2 Å². The molecular weight excluding hydrogens is 266 g/mol. The molecule has 0 aliphatic heterocycles. The van der Waals surface area contributed by atoms with Crippen LogP contribution in [0.3, 0.4) is 0 Å². The average molecular weight is 293 g/mol. The molecule has 0 unspecified atom stereocenters. The van der Waals surface area contributed by atoms with Gasteiger partial charge < -0.3 is 19.3 Å². The van der Waals surface area contributed by atoms with E-state index in [2.05, 4.69) is 4.99 Å². The molecule has 0 saturated heterocycles. The highest BCUT2D eigenvalue weighted by Gasteiger charge is 2.02. The molecule has 0 saturated carbocycles. The second-order valence-electron chi connectivity index (χ2n) is 5.22. The molecule has 0 spiro atoms. The zero-order valence-corrected chi connectivity index (χ0v) is 13.8. The van der Waals surface area contributed by atoms with Crippen LogP contribution in [0.2, 0.25) is 0 Å². The fourth-order valence-corrected chi connectivity index (χ4v) is 1.94. The first-order valence-electron chi connectivity index (χ1n) is 7.14. The summed E-state index contributed by atoms with van der Waals surface area (Å²) >= 11 is 0. The van der Waals surface area contributed by atoms with Gasteiger partial charge in [0.05, 0.1) is 13.7 Å². The molecule has 0 heterocycles. The highest BCUT2D eigenvalue weighted by atomic mass is 16.5. The molecule has 0 bridgehead atoms. The Hall–Kier alpha value is -1.75. The van der Waals surface area contributed by atoms with Crippen molar-refractivity contribution in [3.05, 3.63) is 29.8 Å². The Bertz CT molecular complexity index is 418. The molecule has 0 radical (unpaired) electrons. The number of methoxy groups -OCH3 is 1. The average Bonchev–Trinajstić information content (AvgIpc) is 2.46. The van der Waals surface area contributed by atoms with Crippen LogP contribution >= 0.6 is 0 Å². The number of benzene rings is 1. The van der Waals surface area contributed by atoms with E-state index in [-0.39, 0.29) is 0 Å². The zero-order valence-electron chi connectivity index (χ0n) is 13.8. The van der Waals surface area contributed by atoms with Crippen molar-refractivity contribution in [3.63, 3.8) is 0 Å². The molecule has 5 heteroatoms. The van der Waals surface area contributed by atoms with E-state index in [9.17, 15) is 0 Å². The first-order valence-corrected chi connectivity index (χ1v) is 7.14. The number of guanidine groups is 1. The third-order valence-corrected chi connectivity index (χ3v) is 2.93. The van der Waals surface area contributed by atoms with E-state index in [1.165, 1.54) is 0 Å². The molecule has 0 fully saturated rings. The highest BCUT2D eigenvalue weighted by Crippen LogP contribution is 2.11. The van der Waals surface area contributed by atoms with Crippen molar-refractivity contribution in [2.45, 2.75) is 13.0 Å². The molecule has 5 nitrogen and oxygen atoms in total. The van der Waals surface area contributed by atoms with Crippen molar-refractivity contribution in [3.8, 4) is 5.75 Å². The minimum Gasteiger partial charge on any atom is -0.497 e. The van der Waals surface area contributed by atoms with Gasteiger partial charge >= 0.3 is 0 Å². The predicted octanol–water partition coefficient (Wildman–Crippen LogP) is 2.08. The number of ether oxygens (including phenoxy) is 2. The summed E-state index contributed by atoms with van der Waals surface area (Å²) in [7, 11) is 9.66. The molecule has 1 rings (SSSR count). The van der Waals surface area contributed by atoms with Crippen LogP contribution in [0.25, 0.3) is 0 Å². The molecule has 0 aromatic heterocycles. The zero-order chi connectivity index (χ0) is 15.7. The maximum Gasteiger partial charge on any atom is 0.195 e. The van der Waals surface area contributed by atoms with Crippen LogP contribution in [0.15, 0.2) is 29.3 Å². The van der Waals surface area contributed by atoms with Gasteiger partial charge in [-0.3, -0.25) is 4.99 Å². The fraction of sp³-hybridized carbons (Fsp3) is 0.562. The summed E-state index contributed by atoms with van der Waals surface area (Å²) in [6.07, 6.45) is 0.918. The van der Waals surface area contributed by atoms with Crippen LogP contribution in [0.1, 0.15) is 12.0 Å². The van der Waals surface area contributed by atoms with Crippen LogP contribution in [0, 0.1) is 0 Å². The second-order valence-corrected chi connectivity index (χ2v) is 5.22. The van der Waals surface area contributed by atoms with Crippen LogP contribution < -0.4 is 4.74 Å². The summed E-state index contributed by atoms with van der Waals surface area (Å²) < 4.78 is 10.8. The molecule has 0 N–H and O–H groups in total. The third kappa shape index (κ3) is 6.49. The quantitative estimate of drug-likeness (QED) is 0.438. The van der Waals surface area contributed by atoms with Gasteiger partial charge in [0.25, 0.3) is 0 Å². The Labute approximate surface area is 128 Å². The van der Waals surface area contributed by atoms with Crippen molar-refractivity contribution in [1.29, 1.82) is 0 Å². The number of aliphatic imine (C=N–C) groups is 1. The molecule has 1 aromatic rings. The maximum absolute atomic E-state index is 5.66. The van der Waals surface area contributed by atoms with E-state index in [4.69, 9.17) is 9.47 Å². The molecule has 0 aliphatic rings. The summed E-state index contributed by atoms with van der Waals surface area (Å²) in [5, 5.41) is 0. The van der Waals surface area contributed by atoms with Gasteiger partial charge in [-0.05, 0) is 24.1 Å². The first kappa shape index (κ1) is 17.3. The lowest BCUT2D eigenvalue weighted by Crippen LogP contribution is -2.35. The smallest absolute Gasteiger partial charge is 0.195 e. The van der Waals surface area contributed by atoms with Gasteiger partial charge in [0.2, 0.25) is 0 Å². The Morgan fingerprint density at radius 3 is 2.19 bits per heavy atom. The van der Waals surface area contributed by atoms with Gasteiger partial charge in [0.1, 0.15) is 5.75 Å². The Kier molecular flexibility index (Phi) is 7.61. The topological polar surface area (TPSA) is 37.3 Å². The van der Waals surface area contributed by atoms with Crippen LogP contribution in [0.5, 0.6) is 5.75 Å². The fourth-order valence-electron chi connectivity index (χ4n) is 1.94. The van der Waals surface area contributed by atoms with Crippen LogP contribution in [-0.2, 0) is 11.3 Å². The van der Waals surface area contributed by atoms with Crippen molar-refractivity contribution in [2.75, 3.05) is 48.5 Å². The first-order chi connectivity index (χ1) is 10.0. The van der Waals surface area contributed by atoms with Gasteiger partial charge in [-0.2, -0.15) is 0 Å². The van der Waals surface area contributed by atoms with Gasteiger partial charge in [0.15, 0.2) is 5.96 Å². The van der Waals surface area contributed by atoms with Crippen molar-refractivity contribution < 1.29 is 9.47 Å². The highest BCUT2D eigenvalue weighted by molar-refractivity contribution is 5.79. The molecule has 1 aromatic carbocycles. The van der Waals surface area contributed by atoms with Crippen molar-refractivity contribution in [2.24, 2.45) is 4.99 Å². The van der Waals surface area contributed by atoms with E-state index in [1.807, 2.05) is 62.3 Å². The SMILES string of the molecule is COc1ccc(COCCCN=C(N(C)C)N(C)C)cc1. The Morgan fingerprint density at radius 2 is 1.67 bits per heavy atom. The van der Waals surface area contributed by atoms with Crippen molar-refractivity contribution >= 4 is 5.96 Å². The lowest BCUT2D eigenvalue weighted by molar-refractivity contribution is 0.120. The maximum atomic E-state index is 5.66. The summed E-state index contributed by atoms with van der Waals surface area (Å²) in [6, 6.07) is 7.94. The summed E-state index contributed by atoms with van der Waals surface area (Å²) in [4.78, 5) is 8.59. The third-order valence-electron chi connectivity index (χ3n) is 2.93. The number of rotatable bonds is 7. The summed E-state index contributed by atoms with van der Waals surface area (Å²) in [5.41, 5.74) is 1.15. The van der Waals surface area contributed by atoms with Gasteiger partial charge in [-0.1, -0.05) is 12.1 Å². The lowest BCUT2D eigenvalue weighted by Gasteiger charge is -2.22.